The largest absolute Gasteiger partial charge is 0.394 e. The maximum atomic E-state index is 6.11. The molecule has 0 fully saturated rings. The van der Waals surface area contributed by atoms with Crippen LogP contribution in [0, 0.1) is 0 Å². The van der Waals surface area contributed by atoms with Crippen molar-refractivity contribution in [2.24, 2.45) is 7.05 Å². The first kappa shape index (κ1) is 12.8. The average Bonchev–Trinajstić information content (AvgIpc) is 2.51. The van der Waals surface area contributed by atoms with Crippen molar-refractivity contribution in [3.8, 4) is 0 Å². The lowest BCUT2D eigenvalue weighted by Crippen LogP contribution is -2.25. The molecule has 92 valence electrons. The molecule has 2 N–H and O–H groups in total. The van der Waals surface area contributed by atoms with Gasteiger partial charge in [0.25, 0.3) is 0 Å². The lowest BCUT2D eigenvalue weighted by atomic mass is 10.1. The van der Waals surface area contributed by atoms with Crippen LogP contribution in [0.15, 0.2) is 0 Å². The van der Waals surface area contributed by atoms with Gasteiger partial charge in [-0.05, 0) is 5.92 Å². The summed E-state index contributed by atoms with van der Waals surface area (Å²) < 4.78 is 6.89. The Bertz CT molecular complexity index is 346. The van der Waals surface area contributed by atoms with Gasteiger partial charge in [0.05, 0.1) is 18.0 Å². The number of nitrogens with two attached hydrogens (primary N) is 1. The molecule has 0 saturated carbocycles. The molecule has 0 aliphatic rings. The van der Waals surface area contributed by atoms with Crippen molar-refractivity contribution in [2.45, 2.75) is 19.8 Å². The Morgan fingerprint density at radius 1 is 1.50 bits per heavy atom. The number of aromatic nitrogens is 2. The van der Waals surface area contributed by atoms with Gasteiger partial charge in [0.1, 0.15) is 5.82 Å². The molecule has 1 rings (SSSR count). The van der Waals surface area contributed by atoms with Gasteiger partial charge in [-0.3, -0.25) is 4.68 Å². The third-order valence-corrected chi connectivity index (χ3v) is 2.62. The standard InChI is InChI=1S/C11H22N4O/c1-8(2)10-9(12)11(15(4)13-10)14(3)6-7-16-5/h8H,6-7,12H2,1-5H3. The van der Waals surface area contributed by atoms with Gasteiger partial charge in [-0.1, -0.05) is 13.8 Å². The molecule has 0 amide bonds. The Balaban J connectivity index is 2.95. The zero-order chi connectivity index (χ0) is 12.3. The highest BCUT2D eigenvalue weighted by Gasteiger charge is 2.18. The topological polar surface area (TPSA) is 56.3 Å². The SMILES string of the molecule is COCCN(C)c1c(N)c(C(C)C)nn1C. The quantitative estimate of drug-likeness (QED) is 0.820. The van der Waals surface area contributed by atoms with Gasteiger partial charge in [-0.15, -0.1) is 0 Å². The molecule has 1 aromatic rings. The van der Waals surface area contributed by atoms with E-state index in [1.807, 2.05) is 18.8 Å². The van der Waals surface area contributed by atoms with Gasteiger partial charge >= 0.3 is 0 Å². The molecule has 0 aliphatic carbocycles. The van der Waals surface area contributed by atoms with Gasteiger partial charge in [-0.25, -0.2) is 0 Å². The Labute approximate surface area is 97.2 Å². The van der Waals surface area contributed by atoms with E-state index in [1.165, 1.54) is 0 Å². The van der Waals surface area contributed by atoms with Crippen molar-refractivity contribution in [1.82, 2.24) is 9.78 Å². The average molecular weight is 226 g/mol. The summed E-state index contributed by atoms with van der Waals surface area (Å²) in [6.07, 6.45) is 0. The second-order valence-electron chi connectivity index (χ2n) is 4.32. The first-order chi connectivity index (χ1) is 7.49. The molecule has 0 saturated heterocycles. The number of ether oxygens (including phenoxy) is 1. The minimum Gasteiger partial charge on any atom is -0.394 e. The van der Waals surface area contributed by atoms with Crippen molar-refractivity contribution in [1.29, 1.82) is 0 Å². The molecule has 0 unspecified atom stereocenters. The number of nitrogens with zero attached hydrogens (tertiary/aromatic N) is 3. The maximum Gasteiger partial charge on any atom is 0.150 e. The van der Waals surface area contributed by atoms with E-state index in [4.69, 9.17) is 10.5 Å². The zero-order valence-corrected chi connectivity index (χ0v) is 10.8. The summed E-state index contributed by atoms with van der Waals surface area (Å²) in [7, 11) is 5.61. The molecular formula is C11H22N4O. The molecule has 5 nitrogen and oxygen atoms in total. The van der Waals surface area contributed by atoms with Crippen LogP contribution in [0.4, 0.5) is 11.5 Å². The first-order valence-electron chi connectivity index (χ1n) is 5.51. The van der Waals surface area contributed by atoms with Gasteiger partial charge < -0.3 is 15.4 Å². The predicted molar refractivity (Wildman–Crippen MR) is 66.9 cm³/mol. The third-order valence-electron chi connectivity index (χ3n) is 2.62. The van der Waals surface area contributed by atoms with Crippen molar-refractivity contribution in [3.63, 3.8) is 0 Å². The van der Waals surface area contributed by atoms with Crippen LogP contribution in [0.1, 0.15) is 25.5 Å². The van der Waals surface area contributed by atoms with Crippen molar-refractivity contribution >= 4 is 11.5 Å². The van der Waals surface area contributed by atoms with Crippen LogP contribution in [0.5, 0.6) is 0 Å². The van der Waals surface area contributed by atoms with Crippen LogP contribution in [-0.4, -0.2) is 37.1 Å². The first-order valence-corrected chi connectivity index (χ1v) is 5.51. The Morgan fingerprint density at radius 3 is 2.56 bits per heavy atom. The molecule has 0 atom stereocenters. The maximum absolute atomic E-state index is 6.11. The summed E-state index contributed by atoms with van der Waals surface area (Å²) in [4.78, 5) is 2.07. The molecule has 1 heterocycles. The lowest BCUT2D eigenvalue weighted by Gasteiger charge is -2.19. The predicted octanol–water partition coefficient (Wildman–Crippen LogP) is 1.21. The minimum atomic E-state index is 0.343. The zero-order valence-electron chi connectivity index (χ0n) is 10.8. The van der Waals surface area contributed by atoms with Crippen molar-refractivity contribution in [3.05, 3.63) is 5.69 Å². The normalized spacial score (nSPS) is 11.1. The number of aryl methyl sites for hydroxylation is 1. The fourth-order valence-corrected chi connectivity index (χ4v) is 1.76. The summed E-state index contributed by atoms with van der Waals surface area (Å²) in [6, 6.07) is 0. The van der Waals surface area contributed by atoms with Crippen molar-refractivity contribution in [2.75, 3.05) is 37.9 Å². The van der Waals surface area contributed by atoms with Crippen LogP contribution < -0.4 is 10.6 Å². The Morgan fingerprint density at radius 2 is 2.12 bits per heavy atom. The molecule has 0 bridgehead atoms. The van der Waals surface area contributed by atoms with Crippen LogP contribution in [0.25, 0.3) is 0 Å². The summed E-state index contributed by atoms with van der Waals surface area (Å²) in [5.41, 5.74) is 7.85. The third kappa shape index (κ3) is 2.47. The molecule has 16 heavy (non-hydrogen) atoms. The summed E-state index contributed by atoms with van der Waals surface area (Å²) in [5.74, 6) is 1.30. The Kier molecular flexibility index (Phi) is 4.18. The highest BCUT2D eigenvalue weighted by molar-refractivity contribution is 5.66. The second-order valence-corrected chi connectivity index (χ2v) is 4.32. The molecule has 1 aromatic heterocycles. The van der Waals surface area contributed by atoms with Gasteiger partial charge in [0.2, 0.25) is 0 Å². The molecular weight excluding hydrogens is 204 g/mol. The number of nitrogen functional groups attached to an aromatic ring is 1. The number of anilines is 2. The smallest absolute Gasteiger partial charge is 0.150 e. The van der Waals surface area contributed by atoms with E-state index in [0.29, 0.717) is 12.5 Å². The molecule has 5 heteroatoms. The fraction of sp³-hybridized carbons (Fsp3) is 0.727. The summed E-state index contributed by atoms with van der Waals surface area (Å²) in [6.45, 7) is 5.67. The van der Waals surface area contributed by atoms with E-state index in [0.717, 1.165) is 23.7 Å². The molecule has 0 aliphatic heterocycles. The van der Waals surface area contributed by atoms with E-state index in [1.54, 1.807) is 7.11 Å². The van der Waals surface area contributed by atoms with E-state index < -0.39 is 0 Å². The van der Waals surface area contributed by atoms with E-state index >= 15 is 0 Å². The van der Waals surface area contributed by atoms with Crippen LogP contribution in [0.3, 0.4) is 0 Å². The van der Waals surface area contributed by atoms with Crippen molar-refractivity contribution < 1.29 is 4.74 Å². The highest BCUT2D eigenvalue weighted by Crippen LogP contribution is 2.29. The van der Waals surface area contributed by atoms with Crippen LogP contribution in [0.2, 0.25) is 0 Å². The molecule has 0 aromatic carbocycles. The van der Waals surface area contributed by atoms with Gasteiger partial charge in [-0.2, -0.15) is 5.10 Å². The molecule has 0 radical (unpaired) electrons. The number of rotatable bonds is 5. The number of hydrogen-bond acceptors (Lipinski definition) is 4. The highest BCUT2D eigenvalue weighted by atomic mass is 16.5. The summed E-state index contributed by atoms with van der Waals surface area (Å²) in [5, 5.41) is 4.45. The minimum absolute atomic E-state index is 0.343. The Hall–Kier alpha value is -1.23. The van der Waals surface area contributed by atoms with E-state index in [-0.39, 0.29) is 0 Å². The fourth-order valence-electron chi connectivity index (χ4n) is 1.76. The summed E-state index contributed by atoms with van der Waals surface area (Å²) >= 11 is 0. The van der Waals surface area contributed by atoms with Gasteiger partial charge in [0.15, 0.2) is 0 Å². The van der Waals surface area contributed by atoms with E-state index in [9.17, 15) is 0 Å². The van der Waals surface area contributed by atoms with Crippen LogP contribution >= 0.6 is 0 Å². The number of likely N-dealkylation sites (N-methyl/N-ethyl adjacent to an activating group) is 1. The second kappa shape index (κ2) is 5.21. The lowest BCUT2D eigenvalue weighted by molar-refractivity contribution is 0.206. The van der Waals surface area contributed by atoms with E-state index in [2.05, 4.69) is 23.8 Å². The number of methoxy groups -OCH3 is 1. The number of hydrogen-bond donors (Lipinski definition) is 1. The monoisotopic (exact) mass is 226 g/mol. The molecule has 0 spiro atoms. The van der Waals surface area contributed by atoms with Crippen LogP contribution in [-0.2, 0) is 11.8 Å². The van der Waals surface area contributed by atoms with Gasteiger partial charge in [0, 0.05) is 27.7 Å².